The van der Waals surface area contributed by atoms with Crippen LogP contribution in [0, 0.1) is 0 Å². The molecule has 98 valence electrons. The highest BCUT2D eigenvalue weighted by atomic mass is 79.9. The second-order valence-corrected chi connectivity index (χ2v) is 5.10. The zero-order valence-electron chi connectivity index (χ0n) is 10.3. The number of amides is 1. The van der Waals surface area contributed by atoms with E-state index in [1.165, 1.54) is 18.5 Å². The normalized spacial score (nSPS) is 11.9. The Morgan fingerprint density at radius 2 is 2.16 bits per heavy atom. The molecule has 1 amide bonds. The fourth-order valence-corrected chi connectivity index (χ4v) is 2.11. The number of carbonyl (C=O) groups is 1. The van der Waals surface area contributed by atoms with Crippen LogP contribution in [0.5, 0.6) is 5.75 Å². The minimum absolute atomic E-state index is 0.0252. The average Bonchev–Trinajstić information content (AvgIpc) is 2.38. The van der Waals surface area contributed by atoms with Crippen molar-refractivity contribution in [2.45, 2.75) is 13.0 Å². The number of nitrogens with zero attached hydrogens (tertiary/aromatic N) is 1. The van der Waals surface area contributed by atoms with Crippen LogP contribution in [0.3, 0.4) is 0 Å². The number of aromatic hydroxyl groups is 1. The predicted molar refractivity (Wildman–Crippen MR) is 75.9 cm³/mol. The SMILES string of the molecule is CC(NC(=O)c1cncc(O)c1)c1cccc(Br)c1. The fourth-order valence-electron chi connectivity index (χ4n) is 1.69. The number of hydrogen-bond donors (Lipinski definition) is 2. The summed E-state index contributed by atoms with van der Waals surface area (Å²) in [5.74, 6) is -0.293. The first kappa shape index (κ1) is 13.5. The van der Waals surface area contributed by atoms with Gasteiger partial charge >= 0.3 is 0 Å². The third kappa shape index (κ3) is 3.54. The molecule has 0 saturated carbocycles. The molecule has 1 heterocycles. The lowest BCUT2D eigenvalue weighted by Gasteiger charge is -2.14. The smallest absolute Gasteiger partial charge is 0.253 e. The molecule has 2 aromatic rings. The Kier molecular flexibility index (Phi) is 4.16. The second kappa shape index (κ2) is 5.84. The highest BCUT2D eigenvalue weighted by Gasteiger charge is 2.12. The van der Waals surface area contributed by atoms with E-state index >= 15 is 0 Å². The Morgan fingerprint density at radius 1 is 1.37 bits per heavy atom. The van der Waals surface area contributed by atoms with Crippen LogP contribution < -0.4 is 5.32 Å². The molecule has 19 heavy (non-hydrogen) atoms. The van der Waals surface area contributed by atoms with Crippen molar-refractivity contribution in [2.75, 3.05) is 0 Å². The number of benzene rings is 1. The van der Waals surface area contributed by atoms with Crippen LogP contribution in [-0.2, 0) is 0 Å². The van der Waals surface area contributed by atoms with Gasteiger partial charge in [-0.05, 0) is 30.7 Å². The maximum absolute atomic E-state index is 12.0. The van der Waals surface area contributed by atoms with Crippen molar-refractivity contribution in [3.8, 4) is 5.75 Å². The van der Waals surface area contributed by atoms with Gasteiger partial charge in [-0.2, -0.15) is 0 Å². The van der Waals surface area contributed by atoms with E-state index < -0.39 is 0 Å². The molecule has 0 bridgehead atoms. The summed E-state index contributed by atoms with van der Waals surface area (Å²) < 4.78 is 0.963. The molecule has 4 nitrogen and oxygen atoms in total. The first-order valence-electron chi connectivity index (χ1n) is 5.76. The molecule has 0 saturated heterocycles. The van der Waals surface area contributed by atoms with E-state index in [0.29, 0.717) is 5.56 Å². The van der Waals surface area contributed by atoms with Gasteiger partial charge in [-0.1, -0.05) is 28.1 Å². The summed E-state index contributed by atoms with van der Waals surface area (Å²) in [5.41, 5.74) is 1.33. The number of hydrogen-bond acceptors (Lipinski definition) is 3. The first-order chi connectivity index (χ1) is 9.06. The third-order valence-electron chi connectivity index (χ3n) is 2.68. The lowest BCUT2D eigenvalue weighted by molar-refractivity contribution is 0.0939. The van der Waals surface area contributed by atoms with Crippen LogP contribution >= 0.6 is 15.9 Å². The molecule has 1 aromatic carbocycles. The van der Waals surface area contributed by atoms with Gasteiger partial charge in [0.25, 0.3) is 5.91 Å². The average molecular weight is 321 g/mol. The maximum Gasteiger partial charge on any atom is 0.253 e. The Morgan fingerprint density at radius 3 is 2.84 bits per heavy atom. The molecule has 0 aliphatic carbocycles. The molecule has 1 unspecified atom stereocenters. The fraction of sp³-hybridized carbons (Fsp3) is 0.143. The monoisotopic (exact) mass is 320 g/mol. The summed E-state index contributed by atoms with van der Waals surface area (Å²) in [6.07, 6.45) is 2.71. The molecule has 5 heteroatoms. The van der Waals surface area contributed by atoms with Crippen molar-refractivity contribution in [3.63, 3.8) is 0 Å². The maximum atomic E-state index is 12.0. The number of nitrogens with one attached hydrogen (secondary N) is 1. The molecule has 1 atom stereocenters. The van der Waals surface area contributed by atoms with Gasteiger partial charge in [-0.15, -0.1) is 0 Å². The van der Waals surface area contributed by atoms with Crippen LogP contribution in [0.15, 0.2) is 47.2 Å². The van der Waals surface area contributed by atoms with Crippen molar-refractivity contribution in [1.82, 2.24) is 10.3 Å². The Labute approximate surface area is 119 Å². The van der Waals surface area contributed by atoms with Crippen molar-refractivity contribution in [1.29, 1.82) is 0 Å². The third-order valence-corrected chi connectivity index (χ3v) is 3.18. The summed E-state index contributed by atoms with van der Waals surface area (Å²) in [6, 6.07) is 8.99. The van der Waals surface area contributed by atoms with Gasteiger partial charge in [0, 0.05) is 10.7 Å². The number of pyridine rings is 1. The van der Waals surface area contributed by atoms with E-state index in [9.17, 15) is 9.90 Å². The summed E-state index contributed by atoms with van der Waals surface area (Å²) in [7, 11) is 0. The van der Waals surface area contributed by atoms with Gasteiger partial charge < -0.3 is 10.4 Å². The van der Waals surface area contributed by atoms with Gasteiger partial charge in [-0.3, -0.25) is 9.78 Å². The van der Waals surface area contributed by atoms with Crippen LogP contribution in [0.2, 0.25) is 0 Å². The number of halogens is 1. The molecule has 0 aliphatic heterocycles. The van der Waals surface area contributed by atoms with Crippen molar-refractivity contribution in [2.24, 2.45) is 0 Å². The Hall–Kier alpha value is -1.88. The van der Waals surface area contributed by atoms with Gasteiger partial charge in [0.1, 0.15) is 5.75 Å². The zero-order valence-corrected chi connectivity index (χ0v) is 11.9. The summed E-state index contributed by atoms with van der Waals surface area (Å²) >= 11 is 3.40. The highest BCUT2D eigenvalue weighted by molar-refractivity contribution is 9.10. The largest absolute Gasteiger partial charge is 0.506 e. The molecule has 1 aromatic heterocycles. The van der Waals surface area contributed by atoms with E-state index in [-0.39, 0.29) is 17.7 Å². The van der Waals surface area contributed by atoms with E-state index in [1.54, 1.807) is 0 Å². The molecule has 0 fully saturated rings. The van der Waals surface area contributed by atoms with Crippen LogP contribution in [0.25, 0.3) is 0 Å². The number of carbonyl (C=O) groups excluding carboxylic acids is 1. The summed E-state index contributed by atoms with van der Waals surface area (Å²) in [5, 5.41) is 12.2. The van der Waals surface area contributed by atoms with E-state index in [2.05, 4.69) is 26.2 Å². The van der Waals surface area contributed by atoms with Crippen LogP contribution in [-0.4, -0.2) is 16.0 Å². The number of rotatable bonds is 3. The molecule has 2 N–H and O–H groups in total. The van der Waals surface area contributed by atoms with Gasteiger partial charge in [0.15, 0.2) is 0 Å². The zero-order chi connectivity index (χ0) is 13.8. The Bertz CT molecular complexity index is 602. The topological polar surface area (TPSA) is 62.2 Å². The van der Waals surface area contributed by atoms with E-state index in [1.807, 2.05) is 31.2 Å². The van der Waals surface area contributed by atoms with Crippen molar-refractivity contribution in [3.05, 3.63) is 58.3 Å². The van der Waals surface area contributed by atoms with Crippen LogP contribution in [0.1, 0.15) is 28.9 Å². The molecule has 0 aliphatic rings. The number of aromatic nitrogens is 1. The Balaban J connectivity index is 2.11. The second-order valence-electron chi connectivity index (χ2n) is 4.18. The summed E-state index contributed by atoms with van der Waals surface area (Å²) in [4.78, 5) is 15.8. The van der Waals surface area contributed by atoms with Crippen LogP contribution in [0.4, 0.5) is 0 Å². The molecular formula is C14H13BrN2O2. The lowest BCUT2D eigenvalue weighted by Crippen LogP contribution is -2.26. The van der Waals surface area contributed by atoms with E-state index in [4.69, 9.17) is 0 Å². The predicted octanol–water partition coefficient (Wildman–Crippen LogP) is 3.04. The molecular weight excluding hydrogens is 308 g/mol. The minimum atomic E-state index is -0.268. The molecule has 0 spiro atoms. The van der Waals surface area contributed by atoms with Crippen molar-refractivity contribution >= 4 is 21.8 Å². The van der Waals surface area contributed by atoms with E-state index in [0.717, 1.165) is 10.0 Å². The molecule has 0 radical (unpaired) electrons. The lowest BCUT2D eigenvalue weighted by atomic mass is 10.1. The summed E-state index contributed by atoms with van der Waals surface area (Å²) in [6.45, 7) is 1.90. The van der Waals surface area contributed by atoms with Gasteiger partial charge in [0.05, 0.1) is 17.8 Å². The van der Waals surface area contributed by atoms with Gasteiger partial charge in [0.2, 0.25) is 0 Å². The quantitative estimate of drug-likeness (QED) is 0.913. The van der Waals surface area contributed by atoms with Gasteiger partial charge in [-0.25, -0.2) is 0 Å². The standard InChI is InChI=1S/C14H13BrN2O2/c1-9(10-3-2-4-12(15)5-10)17-14(19)11-6-13(18)8-16-7-11/h2-9,18H,1H3,(H,17,19). The minimum Gasteiger partial charge on any atom is -0.506 e. The first-order valence-corrected chi connectivity index (χ1v) is 6.56. The highest BCUT2D eigenvalue weighted by Crippen LogP contribution is 2.18. The van der Waals surface area contributed by atoms with Crippen molar-refractivity contribution < 1.29 is 9.90 Å². The molecule has 2 rings (SSSR count).